The van der Waals surface area contributed by atoms with Crippen LogP contribution in [0.1, 0.15) is 38.1 Å². The van der Waals surface area contributed by atoms with Crippen LogP contribution in [-0.4, -0.2) is 38.8 Å². The first-order chi connectivity index (χ1) is 12.6. The predicted octanol–water partition coefficient (Wildman–Crippen LogP) is 5.02. The summed E-state index contributed by atoms with van der Waals surface area (Å²) in [7, 11) is 0. The van der Waals surface area contributed by atoms with Gasteiger partial charge in [-0.2, -0.15) is 0 Å². The summed E-state index contributed by atoms with van der Waals surface area (Å²) in [6.45, 7) is 7.71. The molecule has 0 saturated carbocycles. The number of benzene rings is 1. The molecule has 0 fully saturated rings. The van der Waals surface area contributed by atoms with Crippen molar-refractivity contribution in [1.82, 2.24) is 10.0 Å². The van der Waals surface area contributed by atoms with Crippen LogP contribution in [-0.2, 0) is 4.79 Å². The smallest absolute Gasteiger partial charge is 0.272 e. The van der Waals surface area contributed by atoms with Crippen molar-refractivity contribution >= 4 is 52.1 Å². The number of hydrogen-bond acceptors (Lipinski definition) is 3. The summed E-state index contributed by atoms with van der Waals surface area (Å²) in [5, 5.41) is 3.70. The van der Waals surface area contributed by atoms with Gasteiger partial charge in [0, 0.05) is 16.4 Å². The van der Waals surface area contributed by atoms with Gasteiger partial charge in [0.1, 0.15) is 0 Å². The summed E-state index contributed by atoms with van der Waals surface area (Å²) >= 11 is 17.5. The largest absolute Gasteiger partial charge is 0.273 e. The van der Waals surface area contributed by atoms with Crippen LogP contribution in [0.3, 0.4) is 0 Å². The Labute approximate surface area is 175 Å². The maximum atomic E-state index is 13.4. The van der Waals surface area contributed by atoms with Crippen molar-refractivity contribution in [1.29, 1.82) is 0 Å². The van der Waals surface area contributed by atoms with E-state index in [2.05, 4.69) is 0 Å². The molecule has 0 bridgehead atoms. The Kier molecular flexibility index (Phi) is 6.84. The van der Waals surface area contributed by atoms with Crippen LogP contribution in [0.25, 0.3) is 0 Å². The van der Waals surface area contributed by atoms with Crippen LogP contribution in [0.5, 0.6) is 0 Å². The maximum absolute atomic E-state index is 13.4. The first kappa shape index (κ1) is 21.6. The second-order valence-electron chi connectivity index (χ2n) is 7.09. The lowest BCUT2D eigenvalue weighted by Crippen LogP contribution is -2.60. The Hall–Kier alpha value is -1.69. The number of allylic oxidation sites excluding steroid dienone is 3. The maximum Gasteiger partial charge on any atom is 0.273 e. The molecule has 0 saturated heterocycles. The summed E-state index contributed by atoms with van der Waals surface area (Å²) < 4.78 is 0. The molecule has 2 amide bonds. The van der Waals surface area contributed by atoms with Crippen molar-refractivity contribution < 1.29 is 9.59 Å². The molecule has 144 valence electrons. The summed E-state index contributed by atoms with van der Waals surface area (Å²) in [6, 6.07) is 6.79. The van der Waals surface area contributed by atoms with Crippen LogP contribution < -0.4 is 0 Å². The molecule has 1 aromatic rings. The van der Waals surface area contributed by atoms with Gasteiger partial charge in [0.15, 0.2) is 0 Å². The van der Waals surface area contributed by atoms with Crippen LogP contribution in [0, 0.1) is 5.92 Å². The first-order valence-electron chi connectivity index (χ1n) is 8.57. The predicted molar refractivity (Wildman–Crippen MR) is 114 cm³/mol. The highest BCUT2D eigenvalue weighted by Crippen LogP contribution is 2.27. The number of carbonyl (C=O) groups excluding carboxylic acids is 2. The minimum Gasteiger partial charge on any atom is -0.272 e. The normalized spacial score (nSPS) is 16.7. The van der Waals surface area contributed by atoms with Gasteiger partial charge in [-0.1, -0.05) is 53.6 Å². The van der Waals surface area contributed by atoms with Crippen molar-refractivity contribution in [3.63, 3.8) is 0 Å². The Morgan fingerprint density at radius 3 is 2.33 bits per heavy atom. The van der Waals surface area contributed by atoms with E-state index < -0.39 is 11.5 Å². The standard InChI is InChI=1S/C20H22Cl2N2O2S/c1-5-23(18(25)14-8-6-7-9-16(14)22)24(20(2,3)4)19(26)15-11-10-13(21)12-17(15)27/h6-12,15H,5H2,1-4H3. The van der Waals surface area contributed by atoms with Crippen LogP contribution in [0.2, 0.25) is 5.02 Å². The Morgan fingerprint density at radius 1 is 1.19 bits per heavy atom. The Morgan fingerprint density at radius 2 is 1.81 bits per heavy atom. The molecule has 27 heavy (non-hydrogen) atoms. The molecule has 0 aromatic heterocycles. The number of halogens is 2. The fourth-order valence-corrected chi connectivity index (χ4v) is 3.63. The van der Waals surface area contributed by atoms with E-state index in [0.29, 0.717) is 27.0 Å². The van der Waals surface area contributed by atoms with Gasteiger partial charge in [-0.05, 0) is 52.0 Å². The minimum atomic E-state index is -0.658. The molecule has 1 aromatic carbocycles. The van der Waals surface area contributed by atoms with Gasteiger partial charge >= 0.3 is 0 Å². The molecule has 7 heteroatoms. The van der Waals surface area contributed by atoms with E-state index >= 15 is 0 Å². The molecular weight excluding hydrogens is 403 g/mol. The number of amides is 2. The molecule has 1 unspecified atom stereocenters. The van der Waals surface area contributed by atoms with Crippen molar-refractivity contribution in [2.75, 3.05) is 6.54 Å². The van der Waals surface area contributed by atoms with Crippen LogP contribution in [0.4, 0.5) is 0 Å². The fraction of sp³-hybridized carbons (Fsp3) is 0.350. The molecule has 2 rings (SSSR count). The SMILES string of the molecule is CCN(C(=O)c1ccccc1Cl)N(C(=O)C1C=CC(Cl)=CC1=S)C(C)(C)C. The molecule has 0 N–H and O–H groups in total. The third-order valence-electron chi connectivity index (χ3n) is 4.02. The molecule has 1 atom stereocenters. The van der Waals surface area contributed by atoms with E-state index in [1.165, 1.54) is 10.0 Å². The van der Waals surface area contributed by atoms with Gasteiger partial charge in [0.25, 0.3) is 11.8 Å². The van der Waals surface area contributed by atoms with E-state index in [9.17, 15) is 9.59 Å². The van der Waals surface area contributed by atoms with Gasteiger partial charge in [-0.3, -0.25) is 9.59 Å². The molecule has 0 radical (unpaired) electrons. The lowest BCUT2D eigenvalue weighted by Gasteiger charge is -2.44. The summed E-state index contributed by atoms with van der Waals surface area (Å²) in [5.74, 6) is -1.29. The number of hydrazine groups is 1. The van der Waals surface area contributed by atoms with Gasteiger partial charge < -0.3 is 0 Å². The zero-order valence-electron chi connectivity index (χ0n) is 15.7. The average Bonchev–Trinajstić information content (AvgIpc) is 2.57. The van der Waals surface area contributed by atoms with Crippen molar-refractivity contribution in [2.45, 2.75) is 33.2 Å². The van der Waals surface area contributed by atoms with Gasteiger partial charge in [0.2, 0.25) is 0 Å². The van der Waals surface area contributed by atoms with Crippen molar-refractivity contribution in [2.24, 2.45) is 5.92 Å². The van der Waals surface area contributed by atoms with E-state index in [4.69, 9.17) is 35.4 Å². The molecule has 4 nitrogen and oxygen atoms in total. The molecular formula is C20H22Cl2N2O2S. The molecule has 1 aliphatic carbocycles. The molecule has 0 aliphatic heterocycles. The monoisotopic (exact) mass is 424 g/mol. The first-order valence-corrected chi connectivity index (χ1v) is 9.74. The van der Waals surface area contributed by atoms with Crippen LogP contribution in [0.15, 0.2) is 47.5 Å². The van der Waals surface area contributed by atoms with E-state index in [0.717, 1.165) is 0 Å². The second kappa shape index (κ2) is 8.55. The third kappa shape index (κ3) is 4.78. The number of nitrogens with zero attached hydrogens (tertiary/aromatic N) is 2. The number of carbonyl (C=O) groups is 2. The average molecular weight is 425 g/mol. The van der Waals surface area contributed by atoms with E-state index in [1.807, 2.05) is 27.7 Å². The number of rotatable bonds is 3. The molecule has 0 heterocycles. The van der Waals surface area contributed by atoms with Crippen LogP contribution >= 0.6 is 35.4 Å². The molecule has 0 spiro atoms. The van der Waals surface area contributed by atoms with Gasteiger partial charge in [-0.15, -0.1) is 0 Å². The highest BCUT2D eigenvalue weighted by atomic mass is 35.5. The minimum absolute atomic E-state index is 0.286. The highest BCUT2D eigenvalue weighted by molar-refractivity contribution is 7.80. The Bertz CT molecular complexity index is 828. The third-order valence-corrected chi connectivity index (χ3v) is 4.96. The topological polar surface area (TPSA) is 40.6 Å². The van der Waals surface area contributed by atoms with Crippen molar-refractivity contribution in [3.8, 4) is 0 Å². The number of thiocarbonyl (C=S) groups is 1. The second-order valence-corrected chi connectivity index (χ2v) is 8.41. The summed E-state index contributed by atoms with van der Waals surface area (Å²) in [5.41, 5.74) is -0.314. The molecule has 1 aliphatic rings. The lowest BCUT2D eigenvalue weighted by molar-refractivity contribution is -0.156. The van der Waals surface area contributed by atoms with E-state index in [-0.39, 0.29) is 11.8 Å². The van der Waals surface area contributed by atoms with Gasteiger partial charge in [-0.25, -0.2) is 10.0 Å². The zero-order valence-corrected chi connectivity index (χ0v) is 18.0. The Balaban J connectivity index is 2.44. The fourth-order valence-electron chi connectivity index (χ4n) is 2.85. The van der Waals surface area contributed by atoms with E-state index in [1.54, 1.807) is 42.5 Å². The summed E-state index contributed by atoms with van der Waals surface area (Å²) in [4.78, 5) is 27.0. The summed E-state index contributed by atoms with van der Waals surface area (Å²) in [6.07, 6.45) is 4.90. The highest BCUT2D eigenvalue weighted by Gasteiger charge is 2.39. The number of hydrogen-bond donors (Lipinski definition) is 0. The zero-order chi connectivity index (χ0) is 20.4. The van der Waals surface area contributed by atoms with Gasteiger partial charge in [0.05, 0.1) is 22.0 Å². The van der Waals surface area contributed by atoms with Crippen molar-refractivity contribution in [3.05, 3.63) is 58.1 Å². The quantitative estimate of drug-likeness (QED) is 0.504. The lowest BCUT2D eigenvalue weighted by atomic mass is 9.96.